The zero-order valence-corrected chi connectivity index (χ0v) is 8.81. The molecule has 0 aromatic carbocycles. The summed E-state index contributed by atoms with van der Waals surface area (Å²) in [6, 6.07) is -0.409. The number of aliphatic hydroxyl groups is 1. The lowest BCUT2D eigenvalue weighted by atomic mass is 10.0. The molecule has 2 N–H and O–H groups in total. The van der Waals surface area contributed by atoms with Gasteiger partial charge in [-0.3, -0.25) is 9.69 Å². The van der Waals surface area contributed by atoms with Gasteiger partial charge in [-0.25, -0.2) is 0 Å². The molecule has 0 aromatic rings. The normalized spacial score (nSPS) is 30.5. The van der Waals surface area contributed by atoms with Gasteiger partial charge >= 0.3 is 5.97 Å². The zero-order valence-electron chi connectivity index (χ0n) is 8.81. The molecule has 0 saturated carbocycles. The Bertz CT molecular complexity index is 208. The third-order valence-corrected chi connectivity index (χ3v) is 3.18. The molecule has 82 valence electrons. The second kappa shape index (κ2) is 4.75. The van der Waals surface area contributed by atoms with Crippen LogP contribution in [0.4, 0.5) is 0 Å². The minimum absolute atomic E-state index is 0.0241. The summed E-state index contributed by atoms with van der Waals surface area (Å²) in [7, 11) is 0. The molecular weight excluding hydrogens is 182 g/mol. The largest absolute Gasteiger partial charge is 0.480 e. The van der Waals surface area contributed by atoms with Crippen LogP contribution in [0.15, 0.2) is 0 Å². The lowest BCUT2D eigenvalue weighted by molar-refractivity contribution is -0.144. The molecule has 3 atom stereocenters. The number of hydrogen-bond acceptors (Lipinski definition) is 3. The maximum absolute atomic E-state index is 11.0. The van der Waals surface area contributed by atoms with Gasteiger partial charge in [0.25, 0.3) is 0 Å². The molecule has 0 aliphatic carbocycles. The molecule has 1 saturated heterocycles. The molecule has 3 unspecified atom stereocenters. The molecule has 0 amide bonds. The van der Waals surface area contributed by atoms with E-state index in [0.29, 0.717) is 12.3 Å². The maximum Gasteiger partial charge on any atom is 0.320 e. The Morgan fingerprint density at radius 1 is 1.64 bits per heavy atom. The molecule has 14 heavy (non-hydrogen) atoms. The van der Waals surface area contributed by atoms with Gasteiger partial charge in [-0.1, -0.05) is 13.8 Å². The van der Waals surface area contributed by atoms with Gasteiger partial charge in [0.15, 0.2) is 0 Å². The van der Waals surface area contributed by atoms with Crippen LogP contribution in [0, 0.1) is 5.92 Å². The van der Waals surface area contributed by atoms with E-state index in [2.05, 4.69) is 6.92 Å². The summed E-state index contributed by atoms with van der Waals surface area (Å²) >= 11 is 0. The Kier molecular flexibility index (Phi) is 3.89. The summed E-state index contributed by atoms with van der Waals surface area (Å²) in [5.41, 5.74) is 0. The number of likely N-dealkylation sites (tertiary alicyclic amines) is 1. The average Bonchev–Trinajstić information content (AvgIpc) is 2.48. The summed E-state index contributed by atoms with van der Waals surface area (Å²) in [6.45, 7) is 4.79. The molecule has 1 heterocycles. The van der Waals surface area contributed by atoms with E-state index in [-0.39, 0.29) is 12.6 Å². The van der Waals surface area contributed by atoms with Crippen LogP contribution in [0.3, 0.4) is 0 Å². The molecule has 1 aliphatic rings. The van der Waals surface area contributed by atoms with Crippen LogP contribution in [0.1, 0.15) is 26.7 Å². The first-order chi connectivity index (χ1) is 6.61. The van der Waals surface area contributed by atoms with E-state index in [1.165, 1.54) is 0 Å². The Labute approximate surface area is 84.5 Å². The molecule has 0 radical (unpaired) electrons. The van der Waals surface area contributed by atoms with Crippen LogP contribution < -0.4 is 0 Å². The van der Waals surface area contributed by atoms with Crippen LogP contribution >= 0.6 is 0 Å². The van der Waals surface area contributed by atoms with Crippen molar-refractivity contribution in [3.8, 4) is 0 Å². The fourth-order valence-electron chi connectivity index (χ4n) is 2.26. The second-order valence-corrected chi connectivity index (χ2v) is 4.02. The van der Waals surface area contributed by atoms with Crippen molar-refractivity contribution >= 4 is 5.97 Å². The summed E-state index contributed by atoms with van der Waals surface area (Å²) < 4.78 is 0. The predicted molar refractivity (Wildman–Crippen MR) is 53.1 cm³/mol. The lowest BCUT2D eigenvalue weighted by Crippen LogP contribution is -2.46. The third kappa shape index (κ3) is 2.07. The van der Waals surface area contributed by atoms with Crippen LogP contribution in [-0.2, 0) is 4.79 Å². The monoisotopic (exact) mass is 201 g/mol. The topological polar surface area (TPSA) is 60.8 Å². The summed E-state index contributed by atoms with van der Waals surface area (Å²) in [5.74, 6) is -0.381. The number of aliphatic hydroxyl groups excluding tert-OH is 1. The number of aliphatic carboxylic acids is 1. The van der Waals surface area contributed by atoms with Gasteiger partial charge in [0, 0.05) is 6.04 Å². The van der Waals surface area contributed by atoms with E-state index in [1.807, 2.05) is 11.8 Å². The first-order valence-electron chi connectivity index (χ1n) is 5.21. The van der Waals surface area contributed by atoms with Crippen molar-refractivity contribution in [3.05, 3.63) is 0 Å². The van der Waals surface area contributed by atoms with Gasteiger partial charge in [-0.2, -0.15) is 0 Å². The number of carboxylic acid groups (broad SMARTS) is 1. The molecule has 0 spiro atoms. The van der Waals surface area contributed by atoms with Crippen molar-refractivity contribution in [2.45, 2.75) is 38.8 Å². The van der Waals surface area contributed by atoms with Crippen molar-refractivity contribution in [1.82, 2.24) is 4.90 Å². The third-order valence-electron chi connectivity index (χ3n) is 3.18. The van der Waals surface area contributed by atoms with Gasteiger partial charge in [-0.15, -0.1) is 0 Å². The number of hydrogen-bond donors (Lipinski definition) is 2. The maximum atomic E-state index is 11.0. The van der Waals surface area contributed by atoms with Crippen molar-refractivity contribution < 1.29 is 15.0 Å². The Hall–Kier alpha value is -0.610. The van der Waals surface area contributed by atoms with E-state index in [1.54, 1.807) is 0 Å². The Morgan fingerprint density at radius 3 is 2.71 bits per heavy atom. The van der Waals surface area contributed by atoms with Gasteiger partial charge in [0.1, 0.15) is 6.04 Å². The van der Waals surface area contributed by atoms with Crippen molar-refractivity contribution in [1.29, 1.82) is 0 Å². The summed E-state index contributed by atoms with van der Waals surface area (Å²) in [6.07, 6.45) is 1.58. The van der Waals surface area contributed by atoms with E-state index in [4.69, 9.17) is 5.11 Å². The highest BCUT2D eigenvalue weighted by atomic mass is 16.4. The molecule has 1 rings (SSSR count). The zero-order chi connectivity index (χ0) is 10.7. The van der Waals surface area contributed by atoms with Gasteiger partial charge in [0.05, 0.1) is 6.61 Å². The van der Waals surface area contributed by atoms with Crippen molar-refractivity contribution in [2.24, 2.45) is 5.92 Å². The number of rotatable bonds is 4. The molecule has 1 aliphatic heterocycles. The highest BCUT2D eigenvalue weighted by Gasteiger charge is 2.37. The highest BCUT2D eigenvalue weighted by Crippen LogP contribution is 2.26. The summed E-state index contributed by atoms with van der Waals surface area (Å²) in [5, 5.41) is 18.2. The van der Waals surface area contributed by atoms with E-state index in [0.717, 1.165) is 13.0 Å². The van der Waals surface area contributed by atoms with Gasteiger partial charge < -0.3 is 10.2 Å². The predicted octanol–water partition coefficient (Wildman–Crippen LogP) is 0.552. The van der Waals surface area contributed by atoms with Crippen LogP contribution in [0.2, 0.25) is 0 Å². The fraction of sp³-hybridized carbons (Fsp3) is 0.900. The van der Waals surface area contributed by atoms with E-state index < -0.39 is 12.0 Å². The standard InChI is InChI=1S/C10H19NO3/c1-3-8(10(13)14)11-5-4-7(2)9(11)6-12/h7-9,12H,3-6H2,1-2H3,(H,13,14). The SMILES string of the molecule is CCC(C(=O)O)N1CCC(C)C1CO. The molecule has 4 heteroatoms. The first kappa shape index (κ1) is 11.5. The Balaban J connectivity index is 2.70. The van der Waals surface area contributed by atoms with Crippen LogP contribution in [0.25, 0.3) is 0 Å². The van der Waals surface area contributed by atoms with Crippen molar-refractivity contribution in [2.75, 3.05) is 13.2 Å². The first-order valence-corrected chi connectivity index (χ1v) is 5.21. The molecule has 4 nitrogen and oxygen atoms in total. The quantitative estimate of drug-likeness (QED) is 0.697. The number of carboxylic acids is 1. The smallest absolute Gasteiger partial charge is 0.320 e. The molecule has 1 fully saturated rings. The van der Waals surface area contributed by atoms with Gasteiger partial charge in [-0.05, 0) is 25.3 Å². The van der Waals surface area contributed by atoms with E-state index >= 15 is 0 Å². The molecule has 0 bridgehead atoms. The molecular formula is C10H19NO3. The lowest BCUT2D eigenvalue weighted by Gasteiger charge is -2.29. The number of nitrogens with zero attached hydrogens (tertiary/aromatic N) is 1. The highest BCUT2D eigenvalue weighted by molar-refractivity contribution is 5.73. The number of carbonyl (C=O) groups is 1. The van der Waals surface area contributed by atoms with Crippen LogP contribution in [-0.4, -0.2) is 46.3 Å². The minimum Gasteiger partial charge on any atom is -0.480 e. The minimum atomic E-state index is -0.778. The molecule has 0 aromatic heterocycles. The summed E-state index contributed by atoms with van der Waals surface area (Å²) in [4.78, 5) is 12.9. The second-order valence-electron chi connectivity index (χ2n) is 4.02. The van der Waals surface area contributed by atoms with E-state index in [9.17, 15) is 9.90 Å². The van der Waals surface area contributed by atoms with Crippen LogP contribution in [0.5, 0.6) is 0 Å². The van der Waals surface area contributed by atoms with Gasteiger partial charge in [0.2, 0.25) is 0 Å². The van der Waals surface area contributed by atoms with Crippen molar-refractivity contribution in [3.63, 3.8) is 0 Å². The Morgan fingerprint density at radius 2 is 2.29 bits per heavy atom. The average molecular weight is 201 g/mol. The fourth-order valence-corrected chi connectivity index (χ4v) is 2.26.